The third-order valence-electron chi connectivity index (χ3n) is 5.85. The van der Waals surface area contributed by atoms with E-state index in [9.17, 15) is 4.39 Å². The number of nitrogens with zero attached hydrogens (tertiary/aromatic N) is 1. The molecular formula is C27H41FN6. The fraction of sp³-hybridized carbons (Fsp3) is 0.333. The minimum Gasteiger partial charge on any atom is -0.403 e. The van der Waals surface area contributed by atoms with Gasteiger partial charge in [-0.3, -0.25) is 5.84 Å². The zero-order chi connectivity index (χ0) is 25.7. The highest BCUT2D eigenvalue weighted by molar-refractivity contribution is 5.25. The lowest BCUT2D eigenvalue weighted by Gasteiger charge is -2.34. The third-order valence-corrected chi connectivity index (χ3v) is 5.85. The van der Waals surface area contributed by atoms with Crippen molar-refractivity contribution < 1.29 is 4.39 Å². The smallest absolute Gasteiger partial charge is 0.127 e. The van der Waals surface area contributed by atoms with Crippen molar-refractivity contribution in [3.63, 3.8) is 0 Å². The number of allylic oxidation sites excluding steroid dienone is 2. The molecule has 0 spiro atoms. The Balaban J connectivity index is 0.000000479. The van der Waals surface area contributed by atoms with Crippen LogP contribution in [0.25, 0.3) is 0 Å². The van der Waals surface area contributed by atoms with E-state index in [1.807, 2.05) is 19.1 Å². The second kappa shape index (κ2) is 14.8. The van der Waals surface area contributed by atoms with Gasteiger partial charge in [-0.05, 0) is 31.4 Å². The van der Waals surface area contributed by atoms with Crippen molar-refractivity contribution in [3.8, 4) is 0 Å². The Hall–Kier alpha value is -3.29. The SMILES string of the molecule is C=C/C=C(\C=C)CNC(=C)C1CCCN1C(=C)C(C)/C(=C/N)NN.CC(N)c1ccccc1F. The van der Waals surface area contributed by atoms with Crippen molar-refractivity contribution in [2.24, 2.45) is 23.2 Å². The van der Waals surface area contributed by atoms with Crippen molar-refractivity contribution in [3.05, 3.63) is 109 Å². The quantitative estimate of drug-likeness (QED) is 0.190. The summed E-state index contributed by atoms with van der Waals surface area (Å²) < 4.78 is 12.8. The molecule has 3 unspecified atom stereocenters. The van der Waals surface area contributed by atoms with Crippen LogP contribution in [-0.2, 0) is 0 Å². The van der Waals surface area contributed by atoms with Gasteiger partial charge in [-0.1, -0.05) is 69.7 Å². The normalized spacial score (nSPS) is 17.7. The summed E-state index contributed by atoms with van der Waals surface area (Å²) in [5.74, 6) is 5.33. The molecule has 6 nitrogen and oxygen atoms in total. The average molecular weight is 469 g/mol. The van der Waals surface area contributed by atoms with Gasteiger partial charge in [-0.25, -0.2) is 4.39 Å². The first-order chi connectivity index (χ1) is 16.2. The molecule has 1 aromatic carbocycles. The molecule has 1 fully saturated rings. The van der Waals surface area contributed by atoms with E-state index >= 15 is 0 Å². The molecule has 1 saturated heterocycles. The molecule has 0 aliphatic carbocycles. The molecule has 8 N–H and O–H groups in total. The Labute approximate surface area is 204 Å². The number of nitrogens with two attached hydrogens (primary N) is 3. The Morgan fingerprint density at radius 3 is 2.44 bits per heavy atom. The van der Waals surface area contributed by atoms with Crippen molar-refractivity contribution in [2.75, 3.05) is 13.1 Å². The standard InChI is InChI=1S/C19H31N5.C8H10FN/c1-6-9-17(7-2)13-22-15(4)19-10-8-11-24(19)16(5)14(3)18(12-20)23-21;1-6(10)7-4-2-3-5-8(7)9/h6-7,9,12,14,19,22-23H,1-2,4-5,8,10-11,13,20-21H2,3H3;2-6H,10H2,1H3/b17-9+,18-12-;. The van der Waals surface area contributed by atoms with E-state index in [-0.39, 0.29) is 23.8 Å². The third kappa shape index (κ3) is 8.24. The molecule has 7 heteroatoms. The first-order valence-corrected chi connectivity index (χ1v) is 11.4. The van der Waals surface area contributed by atoms with Crippen molar-refractivity contribution in [1.82, 2.24) is 15.6 Å². The topological polar surface area (TPSA) is 105 Å². The molecule has 0 aromatic heterocycles. The van der Waals surface area contributed by atoms with Gasteiger partial charge in [0.1, 0.15) is 5.82 Å². The van der Waals surface area contributed by atoms with E-state index in [2.05, 4.69) is 42.0 Å². The summed E-state index contributed by atoms with van der Waals surface area (Å²) in [6.45, 7) is 21.4. The van der Waals surface area contributed by atoms with Crippen LogP contribution >= 0.6 is 0 Å². The number of rotatable bonds is 11. The van der Waals surface area contributed by atoms with Crippen molar-refractivity contribution >= 4 is 0 Å². The molecule has 186 valence electrons. The molecule has 2 rings (SSSR count). The number of benzene rings is 1. The van der Waals surface area contributed by atoms with Crippen LogP contribution in [-0.4, -0.2) is 24.0 Å². The lowest BCUT2D eigenvalue weighted by molar-refractivity contribution is 0.315. The van der Waals surface area contributed by atoms with Crippen LogP contribution in [0.5, 0.6) is 0 Å². The molecule has 34 heavy (non-hydrogen) atoms. The predicted molar refractivity (Wildman–Crippen MR) is 142 cm³/mol. The van der Waals surface area contributed by atoms with Gasteiger partial charge < -0.3 is 27.1 Å². The van der Waals surface area contributed by atoms with Gasteiger partial charge in [0.2, 0.25) is 0 Å². The van der Waals surface area contributed by atoms with Crippen LogP contribution in [0.15, 0.2) is 97.7 Å². The van der Waals surface area contributed by atoms with Crippen LogP contribution in [0.2, 0.25) is 0 Å². The highest BCUT2D eigenvalue weighted by Crippen LogP contribution is 2.30. The first kappa shape index (κ1) is 28.7. The molecule has 0 amide bonds. The van der Waals surface area contributed by atoms with E-state index in [0.29, 0.717) is 12.1 Å². The highest BCUT2D eigenvalue weighted by atomic mass is 19.1. The molecular weight excluding hydrogens is 427 g/mol. The van der Waals surface area contributed by atoms with Gasteiger partial charge in [0.15, 0.2) is 0 Å². The monoisotopic (exact) mass is 468 g/mol. The number of nitrogens with one attached hydrogen (secondary N) is 2. The average Bonchev–Trinajstić information content (AvgIpc) is 3.32. The Bertz CT molecular complexity index is 902. The number of hydrazine groups is 1. The van der Waals surface area contributed by atoms with E-state index in [1.165, 1.54) is 12.3 Å². The Morgan fingerprint density at radius 2 is 1.94 bits per heavy atom. The maximum absolute atomic E-state index is 12.8. The summed E-state index contributed by atoms with van der Waals surface area (Å²) in [5.41, 5.74) is 18.1. The maximum atomic E-state index is 12.8. The van der Waals surface area contributed by atoms with Gasteiger partial charge in [-0.2, -0.15) is 0 Å². The van der Waals surface area contributed by atoms with Crippen LogP contribution in [0, 0.1) is 11.7 Å². The first-order valence-electron chi connectivity index (χ1n) is 11.4. The lowest BCUT2D eigenvalue weighted by Crippen LogP contribution is -2.38. The number of likely N-dealkylation sites (tertiary alicyclic amines) is 1. The van der Waals surface area contributed by atoms with E-state index in [4.69, 9.17) is 17.3 Å². The fourth-order valence-corrected chi connectivity index (χ4v) is 3.75. The van der Waals surface area contributed by atoms with Gasteiger partial charge >= 0.3 is 0 Å². The second-order valence-electron chi connectivity index (χ2n) is 8.20. The maximum Gasteiger partial charge on any atom is 0.127 e. The Morgan fingerprint density at radius 1 is 1.26 bits per heavy atom. The van der Waals surface area contributed by atoms with E-state index in [1.54, 1.807) is 31.2 Å². The van der Waals surface area contributed by atoms with Crippen LogP contribution in [0.1, 0.15) is 38.3 Å². The largest absolute Gasteiger partial charge is 0.403 e. The zero-order valence-electron chi connectivity index (χ0n) is 20.6. The molecule has 1 aromatic rings. The summed E-state index contributed by atoms with van der Waals surface area (Å²) in [6, 6.07) is 6.54. The number of hydrogen-bond acceptors (Lipinski definition) is 6. The summed E-state index contributed by atoms with van der Waals surface area (Å²) in [7, 11) is 0. The Kier molecular flexibility index (Phi) is 12.5. The van der Waals surface area contributed by atoms with Crippen molar-refractivity contribution in [2.45, 2.75) is 38.8 Å². The van der Waals surface area contributed by atoms with Gasteiger partial charge in [-0.15, -0.1) is 0 Å². The minimum absolute atomic E-state index is 0.0257. The van der Waals surface area contributed by atoms with E-state index in [0.717, 1.165) is 42.1 Å². The molecule has 1 heterocycles. The van der Waals surface area contributed by atoms with Crippen molar-refractivity contribution in [1.29, 1.82) is 0 Å². The van der Waals surface area contributed by atoms with Gasteiger partial charge in [0.05, 0.1) is 6.04 Å². The molecule has 0 bridgehead atoms. The summed E-state index contributed by atoms with van der Waals surface area (Å²) in [6.07, 6.45) is 9.15. The van der Waals surface area contributed by atoms with Gasteiger partial charge in [0.25, 0.3) is 0 Å². The zero-order valence-corrected chi connectivity index (χ0v) is 20.6. The lowest BCUT2D eigenvalue weighted by atomic mass is 10.0. The highest BCUT2D eigenvalue weighted by Gasteiger charge is 2.30. The van der Waals surface area contributed by atoms with Crippen LogP contribution in [0.4, 0.5) is 4.39 Å². The number of hydrogen-bond donors (Lipinski definition) is 5. The fourth-order valence-electron chi connectivity index (χ4n) is 3.75. The van der Waals surface area contributed by atoms with E-state index < -0.39 is 0 Å². The number of halogens is 1. The summed E-state index contributed by atoms with van der Waals surface area (Å²) in [4.78, 5) is 2.28. The molecule has 0 saturated carbocycles. The summed E-state index contributed by atoms with van der Waals surface area (Å²) in [5, 5.41) is 3.40. The van der Waals surface area contributed by atoms with Crippen LogP contribution in [0.3, 0.4) is 0 Å². The second-order valence-corrected chi connectivity index (χ2v) is 8.20. The van der Waals surface area contributed by atoms with Crippen LogP contribution < -0.4 is 28.1 Å². The summed E-state index contributed by atoms with van der Waals surface area (Å²) >= 11 is 0. The predicted octanol–water partition coefficient (Wildman–Crippen LogP) is 4.11. The minimum atomic E-state index is -0.225. The molecule has 1 aliphatic heterocycles. The molecule has 3 atom stereocenters. The van der Waals surface area contributed by atoms with Gasteiger partial charge in [0, 0.05) is 53.9 Å². The molecule has 1 aliphatic rings. The molecule has 0 radical (unpaired) electrons.